The van der Waals surface area contributed by atoms with Crippen LogP contribution in [0, 0.1) is 6.92 Å². The van der Waals surface area contributed by atoms with Crippen molar-refractivity contribution in [1.29, 1.82) is 0 Å². The molecule has 1 aromatic heterocycles. The summed E-state index contributed by atoms with van der Waals surface area (Å²) >= 11 is 6.38. The summed E-state index contributed by atoms with van der Waals surface area (Å²) in [7, 11) is 0. The highest BCUT2D eigenvalue weighted by Gasteiger charge is 2.22. The quantitative estimate of drug-likeness (QED) is 0.704. The van der Waals surface area contributed by atoms with Crippen LogP contribution in [0.5, 0.6) is 0 Å². The lowest BCUT2D eigenvalue weighted by molar-refractivity contribution is 0.0302. The maximum atomic E-state index is 12.8. The molecule has 3 aromatic rings. The number of fused-ring (bicyclic) bond motifs is 1. The lowest BCUT2D eigenvalue weighted by atomic mass is 10.0. The number of carbonyl (C=O) groups is 2. The lowest BCUT2D eigenvalue weighted by Gasteiger charge is -2.27. The van der Waals surface area contributed by atoms with Gasteiger partial charge < -0.3 is 19.9 Å². The number of aromatic amines is 1. The molecule has 0 unspecified atom stereocenters. The number of ether oxygens (including phenoxy) is 1. The number of aromatic nitrogens is 1. The number of nitrogens with zero attached hydrogens (tertiary/aromatic N) is 1. The number of para-hydroxylation sites is 1. The molecule has 0 spiro atoms. The second-order valence-corrected chi connectivity index (χ2v) is 7.07. The van der Waals surface area contributed by atoms with E-state index in [4.69, 9.17) is 16.3 Å². The van der Waals surface area contributed by atoms with Gasteiger partial charge in [0.15, 0.2) is 0 Å². The van der Waals surface area contributed by atoms with Crippen LogP contribution < -0.4 is 5.32 Å². The molecular formula is C21H20ClN3O3. The molecule has 6 nitrogen and oxygen atoms in total. The van der Waals surface area contributed by atoms with Crippen molar-refractivity contribution in [1.82, 2.24) is 9.88 Å². The van der Waals surface area contributed by atoms with Crippen molar-refractivity contribution in [2.24, 2.45) is 0 Å². The average Bonchev–Trinajstić information content (AvgIpc) is 3.07. The van der Waals surface area contributed by atoms with Gasteiger partial charge in [0.05, 0.1) is 18.2 Å². The first-order chi connectivity index (χ1) is 13.6. The van der Waals surface area contributed by atoms with Crippen LogP contribution in [-0.2, 0) is 4.74 Å². The molecule has 4 rings (SSSR count). The number of hydrogen-bond donors (Lipinski definition) is 2. The van der Waals surface area contributed by atoms with E-state index in [1.54, 1.807) is 23.1 Å². The first-order valence-electron chi connectivity index (χ1n) is 9.10. The van der Waals surface area contributed by atoms with Crippen LogP contribution in [0.3, 0.4) is 0 Å². The maximum absolute atomic E-state index is 12.8. The molecule has 28 heavy (non-hydrogen) atoms. The Hall–Kier alpha value is -2.83. The van der Waals surface area contributed by atoms with Gasteiger partial charge in [0, 0.05) is 35.2 Å². The average molecular weight is 398 g/mol. The third-order valence-corrected chi connectivity index (χ3v) is 5.37. The zero-order valence-corrected chi connectivity index (χ0v) is 16.2. The first-order valence-corrected chi connectivity index (χ1v) is 9.48. The SMILES string of the molecule is Cc1c(NC(=O)c2[nH]c3ccccc3c2Cl)cccc1C(=O)N1CCOCC1. The fourth-order valence-electron chi connectivity index (χ4n) is 3.39. The minimum Gasteiger partial charge on any atom is -0.378 e. The predicted octanol–water partition coefficient (Wildman–Crippen LogP) is 3.85. The first kappa shape index (κ1) is 18.5. The molecule has 2 heterocycles. The molecule has 2 aromatic carbocycles. The zero-order valence-electron chi connectivity index (χ0n) is 15.4. The third-order valence-electron chi connectivity index (χ3n) is 4.98. The minimum atomic E-state index is -0.347. The van der Waals surface area contributed by atoms with Crippen LogP contribution in [0.1, 0.15) is 26.4 Å². The number of benzene rings is 2. The van der Waals surface area contributed by atoms with E-state index in [9.17, 15) is 9.59 Å². The van der Waals surface area contributed by atoms with Crippen molar-refractivity contribution in [3.05, 3.63) is 64.3 Å². The monoisotopic (exact) mass is 397 g/mol. The van der Waals surface area contributed by atoms with E-state index in [1.807, 2.05) is 31.2 Å². The lowest BCUT2D eigenvalue weighted by Crippen LogP contribution is -2.41. The molecule has 1 aliphatic rings. The summed E-state index contributed by atoms with van der Waals surface area (Å²) < 4.78 is 5.31. The second kappa shape index (κ2) is 7.66. The van der Waals surface area contributed by atoms with Crippen LogP contribution in [0.15, 0.2) is 42.5 Å². The van der Waals surface area contributed by atoms with Crippen molar-refractivity contribution in [3.8, 4) is 0 Å². The van der Waals surface area contributed by atoms with E-state index in [1.165, 1.54) is 0 Å². The van der Waals surface area contributed by atoms with Gasteiger partial charge in [-0.05, 0) is 30.7 Å². The van der Waals surface area contributed by atoms with Crippen LogP contribution in [-0.4, -0.2) is 48.0 Å². The molecule has 1 aliphatic heterocycles. The molecule has 0 radical (unpaired) electrons. The molecule has 0 saturated carbocycles. The molecular weight excluding hydrogens is 378 g/mol. The number of amides is 2. The Labute approximate surface area is 167 Å². The highest BCUT2D eigenvalue weighted by atomic mass is 35.5. The fraction of sp³-hybridized carbons (Fsp3) is 0.238. The minimum absolute atomic E-state index is 0.0551. The van der Waals surface area contributed by atoms with Crippen molar-refractivity contribution in [3.63, 3.8) is 0 Å². The molecule has 2 amide bonds. The van der Waals surface area contributed by atoms with E-state index < -0.39 is 0 Å². The van der Waals surface area contributed by atoms with Gasteiger partial charge in [-0.15, -0.1) is 0 Å². The summed E-state index contributed by atoms with van der Waals surface area (Å²) in [6, 6.07) is 12.8. The normalized spacial score (nSPS) is 14.3. The highest BCUT2D eigenvalue weighted by molar-refractivity contribution is 6.39. The van der Waals surface area contributed by atoms with Crippen LogP contribution in [0.2, 0.25) is 5.02 Å². The largest absolute Gasteiger partial charge is 0.378 e. The smallest absolute Gasteiger partial charge is 0.273 e. The number of rotatable bonds is 3. The van der Waals surface area contributed by atoms with Gasteiger partial charge in [0.1, 0.15) is 5.69 Å². The molecule has 1 fully saturated rings. The molecule has 0 atom stereocenters. The number of H-pyrrole nitrogens is 1. The fourth-order valence-corrected chi connectivity index (χ4v) is 3.69. The number of morpholine rings is 1. The van der Waals surface area contributed by atoms with Crippen LogP contribution >= 0.6 is 11.6 Å². The zero-order chi connectivity index (χ0) is 19.7. The number of anilines is 1. The predicted molar refractivity (Wildman–Crippen MR) is 109 cm³/mol. The Morgan fingerprint density at radius 3 is 2.61 bits per heavy atom. The summed E-state index contributed by atoms with van der Waals surface area (Å²) in [6.45, 7) is 4.05. The summed E-state index contributed by atoms with van der Waals surface area (Å²) in [5.74, 6) is -0.402. The Morgan fingerprint density at radius 1 is 1.11 bits per heavy atom. The van der Waals surface area contributed by atoms with Crippen molar-refractivity contribution < 1.29 is 14.3 Å². The van der Waals surface area contributed by atoms with Gasteiger partial charge in [0.25, 0.3) is 11.8 Å². The number of carbonyl (C=O) groups excluding carboxylic acids is 2. The van der Waals surface area contributed by atoms with Gasteiger partial charge in [0.2, 0.25) is 0 Å². The van der Waals surface area contributed by atoms with Gasteiger partial charge in [-0.1, -0.05) is 35.9 Å². The molecule has 0 bridgehead atoms. The van der Waals surface area contributed by atoms with E-state index in [2.05, 4.69) is 10.3 Å². The summed E-state index contributed by atoms with van der Waals surface area (Å²) in [4.78, 5) is 30.5. The number of hydrogen-bond acceptors (Lipinski definition) is 3. The standard InChI is InChI=1S/C21H20ClN3O3/c1-13-14(21(27)25-9-11-28-12-10-25)6-4-8-16(13)24-20(26)19-18(22)15-5-2-3-7-17(15)23-19/h2-8,23H,9-12H2,1H3,(H,24,26). The van der Waals surface area contributed by atoms with Crippen molar-refractivity contribution in [2.45, 2.75) is 6.92 Å². The van der Waals surface area contributed by atoms with E-state index in [0.717, 1.165) is 16.5 Å². The van der Waals surface area contributed by atoms with Gasteiger partial charge in [-0.3, -0.25) is 9.59 Å². The topological polar surface area (TPSA) is 74.4 Å². The molecule has 2 N–H and O–H groups in total. The third kappa shape index (κ3) is 3.37. The number of halogens is 1. The number of nitrogens with one attached hydrogen (secondary N) is 2. The molecule has 144 valence electrons. The van der Waals surface area contributed by atoms with Crippen molar-refractivity contribution in [2.75, 3.05) is 31.6 Å². The van der Waals surface area contributed by atoms with Crippen LogP contribution in [0.25, 0.3) is 10.9 Å². The Morgan fingerprint density at radius 2 is 1.86 bits per heavy atom. The summed E-state index contributed by atoms with van der Waals surface area (Å²) in [5, 5.41) is 4.05. The Kier molecular flexibility index (Phi) is 5.07. The van der Waals surface area contributed by atoms with E-state index in [0.29, 0.717) is 48.3 Å². The van der Waals surface area contributed by atoms with E-state index in [-0.39, 0.29) is 11.8 Å². The van der Waals surface area contributed by atoms with Gasteiger partial charge in [-0.25, -0.2) is 0 Å². The van der Waals surface area contributed by atoms with Crippen LogP contribution in [0.4, 0.5) is 5.69 Å². The van der Waals surface area contributed by atoms with Crippen molar-refractivity contribution >= 4 is 40.0 Å². The molecule has 1 saturated heterocycles. The second-order valence-electron chi connectivity index (χ2n) is 6.70. The molecule has 7 heteroatoms. The summed E-state index contributed by atoms with van der Waals surface area (Å²) in [5.41, 5.74) is 2.97. The van der Waals surface area contributed by atoms with E-state index >= 15 is 0 Å². The van der Waals surface area contributed by atoms with Gasteiger partial charge >= 0.3 is 0 Å². The molecule has 0 aliphatic carbocycles. The Bertz CT molecular complexity index is 1050. The maximum Gasteiger partial charge on any atom is 0.273 e. The highest BCUT2D eigenvalue weighted by Crippen LogP contribution is 2.28. The Balaban J connectivity index is 1.60. The van der Waals surface area contributed by atoms with Gasteiger partial charge in [-0.2, -0.15) is 0 Å². The summed E-state index contributed by atoms with van der Waals surface area (Å²) in [6.07, 6.45) is 0.